The van der Waals surface area contributed by atoms with E-state index < -0.39 is 6.10 Å². The van der Waals surface area contributed by atoms with E-state index in [0.717, 1.165) is 24.2 Å². The summed E-state index contributed by atoms with van der Waals surface area (Å²) in [4.78, 5) is 6.54. The van der Waals surface area contributed by atoms with E-state index in [9.17, 15) is 5.11 Å². The molecule has 0 saturated heterocycles. The lowest BCUT2D eigenvalue weighted by molar-refractivity contribution is 0.199. The summed E-state index contributed by atoms with van der Waals surface area (Å²) >= 11 is 0. The maximum Gasteiger partial charge on any atom is 0.128 e. The second-order valence-corrected chi connectivity index (χ2v) is 4.20. The highest BCUT2D eigenvalue weighted by Crippen LogP contribution is 2.20. The van der Waals surface area contributed by atoms with Gasteiger partial charge in [0, 0.05) is 19.3 Å². The van der Waals surface area contributed by atoms with Crippen LogP contribution in [-0.4, -0.2) is 23.2 Å². The molecule has 0 amide bonds. The normalized spacial score (nSPS) is 12.9. The fourth-order valence-electron chi connectivity index (χ4n) is 1.91. The molecule has 0 saturated carbocycles. The average molecular weight is 222 g/mol. The molecule has 1 aromatic heterocycles. The topological polar surface area (TPSA) is 36.4 Å². The molecule has 1 rings (SSSR count). The second kappa shape index (κ2) is 5.85. The van der Waals surface area contributed by atoms with E-state index in [2.05, 4.69) is 30.8 Å². The highest BCUT2D eigenvalue weighted by molar-refractivity contribution is 5.41. The van der Waals surface area contributed by atoms with Crippen molar-refractivity contribution in [2.75, 3.05) is 11.9 Å². The highest BCUT2D eigenvalue weighted by Gasteiger charge is 2.13. The van der Waals surface area contributed by atoms with Crippen molar-refractivity contribution in [1.82, 2.24) is 4.98 Å². The number of aliphatic hydroxyl groups excluding tert-OH is 1. The molecule has 0 bridgehead atoms. The Kier molecular flexibility index (Phi) is 4.74. The lowest BCUT2D eigenvalue weighted by atomic mass is 10.1. The monoisotopic (exact) mass is 222 g/mol. The van der Waals surface area contributed by atoms with Gasteiger partial charge in [-0.2, -0.15) is 0 Å². The first-order valence-electron chi connectivity index (χ1n) is 5.97. The molecule has 3 nitrogen and oxygen atoms in total. The Bertz CT molecular complexity index is 321. The van der Waals surface area contributed by atoms with Gasteiger partial charge in [-0.05, 0) is 37.5 Å². The van der Waals surface area contributed by atoms with Crippen LogP contribution in [0.5, 0.6) is 0 Å². The number of rotatable bonds is 5. The third-order valence-corrected chi connectivity index (χ3v) is 3.10. The number of hydrogen-bond donors (Lipinski definition) is 1. The van der Waals surface area contributed by atoms with Crippen LogP contribution in [0.25, 0.3) is 0 Å². The summed E-state index contributed by atoms with van der Waals surface area (Å²) in [7, 11) is 2.06. The van der Waals surface area contributed by atoms with E-state index in [1.54, 1.807) is 13.1 Å². The quantitative estimate of drug-likeness (QED) is 0.832. The molecule has 16 heavy (non-hydrogen) atoms. The Morgan fingerprint density at radius 2 is 2.00 bits per heavy atom. The van der Waals surface area contributed by atoms with Gasteiger partial charge in [-0.25, -0.2) is 4.98 Å². The van der Waals surface area contributed by atoms with Gasteiger partial charge < -0.3 is 10.0 Å². The number of aliphatic hydroxyl groups is 1. The van der Waals surface area contributed by atoms with Gasteiger partial charge in [0.05, 0.1) is 6.10 Å². The molecular formula is C13H22N2O. The summed E-state index contributed by atoms with van der Waals surface area (Å²) < 4.78 is 0. The van der Waals surface area contributed by atoms with Gasteiger partial charge in [-0.1, -0.05) is 13.8 Å². The first kappa shape index (κ1) is 13.0. The van der Waals surface area contributed by atoms with E-state index in [0.29, 0.717) is 6.04 Å². The first-order valence-corrected chi connectivity index (χ1v) is 5.97. The SMILES string of the molecule is CCC(CC)N(C)c1cc(C(C)O)ccn1. The molecule has 0 aliphatic carbocycles. The average Bonchev–Trinajstić information content (AvgIpc) is 2.30. The van der Waals surface area contributed by atoms with Crippen molar-refractivity contribution >= 4 is 5.82 Å². The second-order valence-electron chi connectivity index (χ2n) is 4.20. The van der Waals surface area contributed by atoms with Crippen molar-refractivity contribution < 1.29 is 5.11 Å². The highest BCUT2D eigenvalue weighted by atomic mass is 16.3. The Hall–Kier alpha value is -1.09. The number of nitrogens with zero attached hydrogens (tertiary/aromatic N) is 2. The smallest absolute Gasteiger partial charge is 0.128 e. The van der Waals surface area contributed by atoms with Crippen LogP contribution in [0.2, 0.25) is 0 Å². The Labute approximate surface area is 98.1 Å². The fourth-order valence-corrected chi connectivity index (χ4v) is 1.91. The molecular weight excluding hydrogens is 200 g/mol. The number of aromatic nitrogens is 1. The van der Waals surface area contributed by atoms with Crippen LogP contribution in [0.1, 0.15) is 45.3 Å². The number of pyridine rings is 1. The predicted molar refractivity (Wildman–Crippen MR) is 67.6 cm³/mol. The van der Waals surface area contributed by atoms with Crippen LogP contribution >= 0.6 is 0 Å². The minimum Gasteiger partial charge on any atom is -0.389 e. The molecule has 0 spiro atoms. The van der Waals surface area contributed by atoms with Gasteiger partial charge >= 0.3 is 0 Å². The minimum absolute atomic E-state index is 0.433. The van der Waals surface area contributed by atoms with Gasteiger partial charge in [0.15, 0.2) is 0 Å². The molecule has 90 valence electrons. The molecule has 0 aromatic carbocycles. The van der Waals surface area contributed by atoms with Crippen LogP contribution in [-0.2, 0) is 0 Å². The molecule has 0 fully saturated rings. The Morgan fingerprint density at radius 1 is 1.38 bits per heavy atom. The fraction of sp³-hybridized carbons (Fsp3) is 0.615. The van der Waals surface area contributed by atoms with Crippen LogP contribution in [0, 0.1) is 0 Å². The van der Waals surface area contributed by atoms with Crippen molar-refractivity contribution in [3.8, 4) is 0 Å². The number of anilines is 1. The summed E-state index contributed by atoms with van der Waals surface area (Å²) in [6, 6.07) is 4.33. The molecule has 3 heteroatoms. The standard InChI is InChI=1S/C13H22N2O/c1-5-12(6-2)15(4)13-9-11(10(3)16)7-8-14-13/h7-10,12,16H,5-6H2,1-4H3. The van der Waals surface area contributed by atoms with Crippen molar-refractivity contribution in [1.29, 1.82) is 0 Å². The lowest BCUT2D eigenvalue weighted by Gasteiger charge is -2.27. The maximum absolute atomic E-state index is 9.54. The van der Waals surface area contributed by atoms with Gasteiger partial charge in [-0.3, -0.25) is 0 Å². The van der Waals surface area contributed by atoms with Gasteiger partial charge in [0.25, 0.3) is 0 Å². The molecule has 1 atom stereocenters. The zero-order valence-electron chi connectivity index (χ0n) is 10.6. The zero-order chi connectivity index (χ0) is 12.1. The maximum atomic E-state index is 9.54. The molecule has 0 aliphatic rings. The third kappa shape index (κ3) is 2.95. The summed E-state index contributed by atoms with van der Waals surface area (Å²) in [5.41, 5.74) is 0.919. The molecule has 1 unspecified atom stereocenters. The Morgan fingerprint density at radius 3 is 2.50 bits per heavy atom. The summed E-state index contributed by atoms with van der Waals surface area (Å²) in [6.07, 6.45) is 3.54. The van der Waals surface area contributed by atoms with Crippen molar-refractivity contribution in [3.63, 3.8) is 0 Å². The molecule has 1 heterocycles. The van der Waals surface area contributed by atoms with Crippen LogP contribution in [0.15, 0.2) is 18.3 Å². The summed E-state index contributed by atoms with van der Waals surface area (Å²) in [5.74, 6) is 0.937. The minimum atomic E-state index is -0.433. The van der Waals surface area contributed by atoms with E-state index in [1.807, 2.05) is 12.1 Å². The van der Waals surface area contributed by atoms with E-state index in [-0.39, 0.29) is 0 Å². The van der Waals surface area contributed by atoms with Gasteiger partial charge in [0.1, 0.15) is 5.82 Å². The largest absolute Gasteiger partial charge is 0.389 e. The Balaban J connectivity index is 2.90. The zero-order valence-corrected chi connectivity index (χ0v) is 10.6. The van der Waals surface area contributed by atoms with Crippen LogP contribution in [0.3, 0.4) is 0 Å². The van der Waals surface area contributed by atoms with Crippen molar-refractivity contribution in [2.24, 2.45) is 0 Å². The first-order chi connectivity index (χ1) is 7.60. The van der Waals surface area contributed by atoms with Crippen molar-refractivity contribution in [3.05, 3.63) is 23.9 Å². The van der Waals surface area contributed by atoms with E-state index in [1.165, 1.54) is 0 Å². The lowest BCUT2D eigenvalue weighted by Crippen LogP contribution is -2.31. The summed E-state index contributed by atoms with van der Waals surface area (Å²) in [6.45, 7) is 6.14. The van der Waals surface area contributed by atoms with Crippen LogP contribution in [0.4, 0.5) is 5.82 Å². The van der Waals surface area contributed by atoms with Gasteiger partial charge in [-0.15, -0.1) is 0 Å². The predicted octanol–water partition coefficient (Wildman–Crippen LogP) is 2.76. The molecule has 0 aliphatic heterocycles. The van der Waals surface area contributed by atoms with Crippen molar-refractivity contribution in [2.45, 2.75) is 45.8 Å². The van der Waals surface area contributed by atoms with Crippen LogP contribution < -0.4 is 4.90 Å². The van der Waals surface area contributed by atoms with Gasteiger partial charge in [0.2, 0.25) is 0 Å². The van der Waals surface area contributed by atoms with E-state index >= 15 is 0 Å². The molecule has 1 N–H and O–H groups in total. The summed E-state index contributed by atoms with van der Waals surface area (Å²) in [5, 5.41) is 9.54. The third-order valence-electron chi connectivity index (χ3n) is 3.10. The molecule has 0 radical (unpaired) electrons. The molecule has 1 aromatic rings. The number of hydrogen-bond acceptors (Lipinski definition) is 3. The van der Waals surface area contributed by atoms with E-state index in [4.69, 9.17) is 0 Å².